The van der Waals surface area contributed by atoms with Crippen molar-refractivity contribution in [2.24, 2.45) is 5.92 Å². The van der Waals surface area contributed by atoms with E-state index in [2.05, 4.69) is 0 Å². The lowest BCUT2D eigenvalue weighted by Gasteiger charge is -1.85. The predicted molar refractivity (Wildman–Crippen MR) is 31.2 cm³/mol. The van der Waals surface area contributed by atoms with Crippen LogP contribution >= 0.6 is 0 Å². The Balaban J connectivity index is 2.54. The van der Waals surface area contributed by atoms with Crippen LogP contribution in [-0.2, 0) is 4.79 Å². The van der Waals surface area contributed by atoms with E-state index in [0.717, 1.165) is 11.1 Å². The topological polar surface area (TPSA) is 17.1 Å². The molecule has 2 radical (unpaired) electrons. The van der Waals surface area contributed by atoms with Gasteiger partial charge in [0.05, 0.1) is 5.92 Å². The van der Waals surface area contributed by atoms with Crippen molar-refractivity contribution in [3.8, 4) is 0 Å². The van der Waals surface area contributed by atoms with Gasteiger partial charge < -0.3 is 0 Å². The maximum Gasteiger partial charge on any atom is 0.148 e. The molecule has 0 spiro atoms. The Morgan fingerprint density at radius 2 is 1.88 bits per heavy atom. The predicted octanol–water partition coefficient (Wildman–Crippen LogP) is 1.23. The minimum absolute atomic E-state index is 0.00926. The molecule has 1 nitrogen and oxygen atoms in total. The van der Waals surface area contributed by atoms with Crippen molar-refractivity contribution in [2.75, 3.05) is 0 Å². The van der Waals surface area contributed by atoms with E-state index in [1.807, 2.05) is 13.8 Å². The van der Waals surface area contributed by atoms with Gasteiger partial charge in [-0.05, 0) is 13.8 Å². The summed E-state index contributed by atoms with van der Waals surface area (Å²) in [5, 5.41) is 0. The first-order chi connectivity index (χ1) is 3.64. The first kappa shape index (κ1) is 5.54. The van der Waals surface area contributed by atoms with Crippen LogP contribution in [0, 0.1) is 12.8 Å². The van der Waals surface area contributed by atoms with Gasteiger partial charge in [-0.2, -0.15) is 0 Å². The van der Waals surface area contributed by atoms with Crippen molar-refractivity contribution in [1.29, 1.82) is 0 Å². The number of hydrogen-bond donors (Lipinski definition) is 0. The van der Waals surface area contributed by atoms with Crippen LogP contribution in [0.4, 0.5) is 0 Å². The molecular formula is C7H8O. The molecule has 0 bridgehead atoms. The van der Waals surface area contributed by atoms with E-state index in [1.54, 1.807) is 0 Å². The molecule has 0 saturated carbocycles. The van der Waals surface area contributed by atoms with Crippen molar-refractivity contribution < 1.29 is 4.79 Å². The first-order valence-corrected chi connectivity index (χ1v) is 2.61. The van der Waals surface area contributed by atoms with Gasteiger partial charge in [-0.1, -0.05) is 11.1 Å². The number of carbonyl (C=O) groups is 1. The van der Waals surface area contributed by atoms with Gasteiger partial charge in [0, 0.05) is 6.92 Å². The largest absolute Gasteiger partial charge is 0.298 e. The molecule has 0 fully saturated rings. The second-order valence-electron chi connectivity index (χ2n) is 2.20. The molecule has 0 aromatic carbocycles. The van der Waals surface area contributed by atoms with E-state index in [0.29, 0.717) is 0 Å². The minimum atomic E-state index is -0.208. The quantitative estimate of drug-likeness (QED) is 0.462. The monoisotopic (exact) mass is 108 g/mol. The Morgan fingerprint density at radius 1 is 1.50 bits per heavy atom. The fourth-order valence-corrected chi connectivity index (χ4v) is 0.901. The van der Waals surface area contributed by atoms with Crippen LogP contribution in [0.25, 0.3) is 0 Å². The van der Waals surface area contributed by atoms with Crippen molar-refractivity contribution in [3.63, 3.8) is 0 Å². The summed E-state index contributed by atoms with van der Waals surface area (Å²) in [5.74, 6) is -0.199. The second-order valence-corrected chi connectivity index (χ2v) is 2.20. The van der Waals surface area contributed by atoms with Gasteiger partial charge in [0.2, 0.25) is 0 Å². The molecule has 0 unspecified atom stereocenters. The Bertz CT molecular complexity index is 153. The number of hydrogen-bond acceptors (Lipinski definition) is 1. The highest BCUT2D eigenvalue weighted by molar-refractivity contribution is 5.94. The minimum Gasteiger partial charge on any atom is -0.298 e. The summed E-state index contributed by atoms with van der Waals surface area (Å²) in [5.41, 5.74) is 2.30. The first-order valence-electron chi connectivity index (χ1n) is 2.61. The van der Waals surface area contributed by atoms with Crippen LogP contribution < -0.4 is 0 Å². The fraction of sp³-hybridized carbons (Fsp3) is 0.429. The van der Waals surface area contributed by atoms with E-state index >= 15 is 0 Å². The molecule has 0 amide bonds. The normalized spacial score (nSPS) is 19.4. The molecule has 0 aliphatic heterocycles. The summed E-state index contributed by atoms with van der Waals surface area (Å²) in [6.45, 7) is 8.87. The highest BCUT2D eigenvalue weighted by Crippen LogP contribution is 2.38. The molecule has 0 aromatic rings. The van der Waals surface area contributed by atoms with Crippen molar-refractivity contribution in [2.45, 2.75) is 13.8 Å². The summed E-state index contributed by atoms with van der Waals surface area (Å²) < 4.78 is 0. The number of rotatable bonds is 1. The van der Waals surface area contributed by atoms with Crippen LogP contribution in [0.1, 0.15) is 13.8 Å². The molecule has 1 heteroatoms. The molecule has 8 heavy (non-hydrogen) atoms. The Kier molecular flexibility index (Phi) is 0.999. The maximum atomic E-state index is 10.4. The van der Waals surface area contributed by atoms with Crippen molar-refractivity contribution in [1.82, 2.24) is 0 Å². The zero-order valence-corrected chi connectivity index (χ0v) is 5.06. The van der Waals surface area contributed by atoms with Gasteiger partial charge in [0.15, 0.2) is 0 Å². The zero-order chi connectivity index (χ0) is 6.31. The van der Waals surface area contributed by atoms with Gasteiger partial charge in [-0.25, -0.2) is 0 Å². The molecule has 1 aliphatic carbocycles. The van der Waals surface area contributed by atoms with Gasteiger partial charge in [0.25, 0.3) is 0 Å². The number of ketones is 1. The van der Waals surface area contributed by atoms with Crippen molar-refractivity contribution in [3.05, 3.63) is 18.1 Å². The van der Waals surface area contributed by atoms with Crippen LogP contribution in [0.2, 0.25) is 0 Å². The van der Waals surface area contributed by atoms with Gasteiger partial charge in [-0.3, -0.25) is 4.79 Å². The molecule has 1 rings (SSSR count). The van der Waals surface area contributed by atoms with E-state index in [4.69, 9.17) is 6.92 Å². The average molecular weight is 108 g/mol. The Morgan fingerprint density at radius 3 is 1.88 bits per heavy atom. The van der Waals surface area contributed by atoms with E-state index in [1.165, 1.54) is 0 Å². The third kappa shape index (κ3) is 0.585. The van der Waals surface area contributed by atoms with E-state index in [-0.39, 0.29) is 11.7 Å². The van der Waals surface area contributed by atoms with Crippen LogP contribution in [-0.4, -0.2) is 5.78 Å². The molecular weight excluding hydrogens is 100 g/mol. The van der Waals surface area contributed by atoms with Crippen LogP contribution in [0.3, 0.4) is 0 Å². The summed E-state index contributed by atoms with van der Waals surface area (Å²) in [7, 11) is 0. The number of allylic oxidation sites excluding steroid dienone is 2. The lowest BCUT2D eigenvalue weighted by atomic mass is 10.2. The third-order valence-corrected chi connectivity index (χ3v) is 1.69. The summed E-state index contributed by atoms with van der Waals surface area (Å²) in [4.78, 5) is 10.4. The zero-order valence-electron chi connectivity index (χ0n) is 5.06. The highest BCUT2D eigenvalue weighted by Gasteiger charge is 2.32. The van der Waals surface area contributed by atoms with Crippen LogP contribution in [0.5, 0.6) is 0 Å². The molecule has 0 N–H and O–H groups in total. The smallest absolute Gasteiger partial charge is 0.148 e. The highest BCUT2D eigenvalue weighted by atomic mass is 16.1. The van der Waals surface area contributed by atoms with Gasteiger partial charge in [-0.15, -0.1) is 0 Å². The lowest BCUT2D eigenvalue weighted by molar-refractivity contribution is -0.115. The Labute approximate surface area is 49.4 Å². The third-order valence-electron chi connectivity index (χ3n) is 1.69. The van der Waals surface area contributed by atoms with Crippen molar-refractivity contribution >= 4 is 5.78 Å². The average Bonchev–Trinajstić information content (AvgIpc) is 2.15. The number of Topliss-reactive ketones (excluding diaryl/α,β-unsaturated/α-hetero) is 1. The SMILES string of the molecule is [CH]C(=O)C1C(C)=C1C. The fourth-order valence-electron chi connectivity index (χ4n) is 0.901. The molecule has 0 saturated heterocycles. The molecule has 42 valence electrons. The molecule has 0 aromatic heterocycles. The van der Waals surface area contributed by atoms with E-state index < -0.39 is 0 Å². The van der Waals surface area contributed by atoms with Gasteiger partial charge >= 0.3 is 0 Å². The molecule has 0 heterocycles. The lowest BCUT2D eigenvalue weighted by Crippen LogP contribution is -1.95. The summed E-state index contributed by atoms with van der Waals surface area (Å²) >= 11 is 0. The second kappa shape index (κ2) is 1.44. The Hall–Kier alpha value is -0.590. The van der Waals surface area contributed by atoms with Crippen LogP contribution in [0.15, 0.2) is 11.1 Å². The molecule has 1 aliphatic rings. The standard InChI is InChI=1S/C7H8O/c1-4-5(2)7(4)6(3)8/h3,7H,1-2H3. The van der Waals surface area contributed by atoms with Gasteiger partial charge in [0.1, 0.15) is 5.78 Å². The summed E-state index contributed by atoms with van der Waals surface area (Å²) in [6.07, 6.45) is 0. The summed E-state index contributed by atoms with van der Waals surface area (Å²) in [6, 6.07) is 0. The van der Waals surface area contributed by atoms with E-state index in [9.17, 15) is 4.79 Å². The maximum absolute atomic E-state index is 10.4. The number of carbonyl (C=O) groups excluding carboxylic acids is 1. The molecule has 0 atom stereocenters.